The maximum absolute atomic E-state index is 11.2. The SMILES string of the molecule is OCCO.Oc1c2cc(I)cc1Cc1cc(I)cc(c1O)Cc1cc(I)cc(c1O)Cc1cc(I)cc(c1O)C2.[W]. The van der Waals surface area contributed by atoms with E-state index in [4.69, 9.17) is 10.2 Å². The summed E-state index contributed by atoms with van der Waals surface area (Å²) in [6, 6.07) is 15.4. The molecule has 8 bridgehead atoms. The quantitative estimate of drug-likeness (QED) is 0.106. The van der Waals surface area contributed by atoms with E-state index in [2.05, 4.69) is 90.4 Å². The van der Waals surface area contributed by atoms with Crippen LogP contribution in [-0.4, -0.2) is 43.9 Å². The van der Waals surface area contributed by atoms with Gasteiger partial charge < -0.3 is 30.6 Å². The van der Waals surface area contributed by atoms with Crippen molar-refractivity contribution in [3.05, 3.63) is 107 Å². The molecule has 0 fully saturated rings. The summed E-state index contributed by atoms with van der Waals surface area (Å²) in [5.74, 6) is 0.721. The van der Waals surface area contributed by atoms with Gasteiger partial charge in [-0.1, -0.05) is 0 Å². The number of halogens is 4. The number of aromatic hydroxyl groups is 4. The first-order chi connectivity index (χ1) is 19.0. The largest absolute Gasteiger partial charge is 0.507 e. The van der Waals surface area contributed by atoms with E-state index in [0.29, 0.717) is 25.7 Å². The van der Waals surface area contributed by atoms with E-state index < -0.39 is 0 Å². The standard InChI is InChI=1S/C28H20I4O4.C2H6O2.W/c29-21-5-13-1-14-6-22(30)8-16(26(14)34)3-18-10-24(32)12-20(28(18)36)4-19-11-23(31)9-17(27(19)35)2-15(7-21)25(13)33;3-1-2-4;/h5-12,33-36H,1-4H2;3-4H,1-2H2;. The van der Waals surface area contributed by atoms with Gasteiger partial charge in [-0.3, -0.25) is 0 Å². The van der Waals surface area contributed by atoms with E-state index in [1.807, 2.05) is 48.5 Å². The van der Waals surface area contributed by atoms with Gasteiger partial charge >= 0.3 is 0 Å². The first-order valence-corrected chi connectivity index (χ1v) is 16.5. The maximum Gasteiger partial charge on any atom is 0.122 e. The Morgan fingerprint density at radius 1 is 0.390 bits per heavy atom. The van der Waals surface area contributed by atoms with Gasteiger partial charge in [0.1, 0.15) is 23.0 Å². The second kappa shape index (κ2) is 15.6. The van der Waals surface area contributed by atoms with Crippen molar-refractivity contribution >= 4 is 90.4 Å². The van der Waals surface area contributed by atoms with Gasteiger partial charge in [0.15, 0.2) is 0 Å². The van der Waals surface area contributed by atoms with Crippen LogP contribution < -0.4 is 0 Å². The molecule has 0 radical (unpaired) electrons. The van der Waals surface area contributed by atoms with Gasteiger partial charge in [0.2, 0.25) is 0 Å². The van der Waals surface area contributed by atoms with Crippen LogP contribution in [0.3, 0.4) is 0 Å². The number of benzene rings is 4. The van der Waals surface area contributed by atoms with E-state index in [0.717, 1.165) is 58.8 Å². The molecule has 11 heteroatoms. The zero-order chi connectivity index (χ0) is 29.1. The summed E-state index contributed by atoms with van der Waals surface area (Å²) in [7, 11) is 0. The number of hydrogen-bond acceptors (Lipinski definition) is 6. The summed E-state index contributed by atoms with van der Waals surface area (Å²) in [6.07, 6.45) is 1.44. The number of hydrogen-bond donors (Lipinski definition) is 6. The number of phenols is 4. The molecule has 0 atom stereocenters. The van der Waals surface area contributed by atoms with Crippen molar-refractivity contribution in [1.29, 1.82) is 0 Å². The average Bonchev–Trinajstić information content (AvgIpc) is 2.89. The predicted octanol–water partition coefficient (Wildman–Crippen LogP) is 6.57. The van der Waals surface area contributed by atoms with Crippen molar-refractivity contribution in [2.45, 2.75) is 25.7 Å². The van der Waals surface area contributed by atoms with E-state index in [9.17, 15) is 20.4 Å². The molecule has 0 saturated carbocycles. The minimum atomic E-state index is -0.125. The first-order valence-electron chi connectivity index (χ1n) is 12.2. The average molecular weight is 1170 g/mol. The minimum Gasteiger partial charge on any atom is -0.507 e. The molecule has 0 amide bonds. The van der Waals surface area contributed by atoms with Crippen LogP contribution in [0.2, 0.25) is 0 Å². The fourth-order valence-corrected chi connectivity index (χ4v) is 7.78. The Labute approximate surface area is 307 Å². The summed E-state index contributed by atoms with van der Waals surface area (Å²) < 4.78 is 3.90. The second-order valence-electron chi connectivity index (χ2n) is 9.44. The zero-order valence-corrected chi connectivity index (χ0v) is 33.0. The molecule has 41 heavy (non-hydrogen) atoms. The molecular weight excluding hydrogens is 1150 g/mol. The molecule has 216 valence electrons. The molecule has 1 aliphatic carbocycles. The molecule has 0 heterocycles. The van der Waals surface area contributed by atoms with E-state index in [1.54, 1.807) is 0 Å². The van der Waals surface area contributed by atoms with Gasteiger partial charge in [-0.15, -0.1) is 0 Å². The molecule has 0 saturated heterocycles. The van der Waals surface area contributed by atoms with Crippen LogP contribution in [0.5, 0.6) is 23.0 Å². The predicted molar refractivity (Wildman–Crippen MR) is 189 cm³/mol. The van der Waals surface area contributed by atoms with Gasteiger partial charge in [0.25, 0.3) is 0 Å². The van der Waals surface area contributed by atoms with Crippen molar-refractivity contribution in [3.63, 3.8) is 0 Å². The Morgan fingerprint density at radius 3 is 0.659 bits per heavy atom. The molecule has 6 N–H and O–H groups in total. The summed E-state index contributed by atoms with van der Waals surface area (Å²) in [5.41, 5.74) is 5.76. The normalized spacial score (nSPS) is 12.1. The fourth-order valence-electron chi connectivity index (χ4n) is 4.77. The van der Waals surface area contributed by atoms with Crippen LogP contribution >= 0.6 is 90.4 Å². The van der Waals surface area contributed by atoms with Crippen LogP contribution in [-0.2, 0) is 46.7 Å². The molecule has 1 aliphatic rings. The molecule has 4 aromatic rings. The van der Waals surface area contributed by atoms with Crippen molar-refractivity contribution in [2.75, 3.05) is 13.2 Å². The third-order valence-corrected chi connectivity index (χ3v) is 9.05. The maximum atomic E-state index is 11.2. The summed E-state index contributed by atoms with van der Waals surface area (Å²) in [6.45, 7) is -0.250. The minimum absolute atomic E-state index is 0. The van der Waals surface area contributed by atoms with E-state index in [1.165, 1.54) is 0 Å². The Bertz CT molecular complexity index is 1250. The third-order valence-electron chi connectivity index (χ3n) is 6.55. The fraction of sp³-hybridized carbons (Fsp3) is 0.200. The Hall–Kier alpha value is -0.392. The number of rotatable bonds is 1. The van der Waals surface area contributed by atoms with Crippen molar-refractivity contribution in [3.8, 4) is 23.0 Å². The summed E-state index contributed by atoms with van der Waals surface area (Å²) in [5, 5.41) is 60.2. The monoisotopic (exact) mass is 1170 g/mol. The number of phenolic OH excluding ortho intramolecular Hbond substituents is 4. The summed E-state index contributed by atoms with van der Waals surface area (Å²) >= 11 is 8.97. The van der Waals surface area contributed by atoms with Crippen molar-refractivity contribution in [2.24, 2.45) is 0 Å². The molecule has 0 unspecified atom stereocenters. The second-order valence-corrected chi connectivity index (χ2v) is 14.4. The Balaban J connectivity index is 0.000000869. The topological polar surface area (TPSA) is 121 Å². The molecule has 4 aromatic carbocycles. The van der Waals surface area contributed by atoms with Gasteiger partial charge in [-0.25, -0.2) is 0 Å². The zero-order valence-electron chi connectivity index (χ0n) is 21.5. The van der Waals surface area contributed by atoms with Crippen LogP contribution in [0, 0.1) is 14.3 Å². The Morgan fingerprint density at radius 2 is 0.537 bits per heavy atom. The van der Waals surface area contributed by atoms with Crippen LogP contribution in [0.1, 0.15) is 44.5 Å². The third kappa shape index (κ3) is 8.62. The van der Waals surface area contributed by atoms with Crippen molar-refractivity contribution in [1.82, 2.24) is 0 Å². The summed E-state index contributed by atoms with van der Waals surface area (Å²) in [4.78, 5) is 0. The van der Waals surface area contributed by atoms with Crippen LogP contribution in [0.15, 0.2) is 48.5 Å². The smallest absolute Gasteiger partial charge is 0.122 e. The van der Waals surface area contributed by atoms with Crippen molar-refractivity contribution < 1.29 is 51.7 Å². The molecule has 0 spiro atoms. The number of aliphatic hydroxyl groups is 2. The van der Waals surface area contributed by atoms with Gasteiger partial charge in [-0.2, -0.15) is 0 Å². The molecular formula is C30H26I4O6W. The number of fused-ring (bicyclic) bond motifs is 8. The molecule has 6 nitrogen and oxygen atoms in total. The molecule has 5 rings (SSSR count). The Kier molecular flexibility index (Phi) is 13.3. The number of aliphatic hydroxyl groups excluding tert-OH is 2. The molecule has 0 aliphatic heterocycles. The van der Waals surface area contributed by atoms with Gasteiger partial charge in [0.05, 0.1) is 13.2 Å². The van der Waals surface area contributed by atoms with Gasteiger partial charge in [-0.05, 0) is 183 Å². The van der Waals surface area contributed by atoms with E-state index in [-0.39, 0.29) is 57.3 Å². The van der Waals surface area contributed by atoms with Crippen LogP contribution in [0.4, 0.5) is 0 Å². The van der Waals surface area contributed by atoms with Crippen LogP contribution in [0.25, 0.3) is 0 Å². The molecule has 0 aromatic heterocycles. The van der Waals surface area contributed by atoms with E-state index >= 15 is 0 Å². The first kappa shape index (κ1) is 35.1. The van der Waals surface area contributed by atoms with Gasteiger partial charge in [0, 0.05) is 61.0 Å².